The number of halogens is 2. The molecule has 584 valence electrons. The highest BCUT2D eigenvalue weighted by Gasteiger charge is 2.19. The van der Waals surface area contributed by atoms with Crippen LogP contribution in [0.5, 0.6) is 0 Å². The fourth-order valence-corrected chi connectivity index (χ4v) is 16.5. The van der Waals surface area contributed by atoms with E-state index in [9.17, 15) is 10.0 Å². The topological polar surface area (TPSA) is 55.2 Å². The summed E-state index contributed by atoms with van der Waals surface area (Å²) in [5.41, 5.74) is 27.5. The molecule has 19 rings (SSSR count). The van der Waals surface area contributed by atoms with Crippen LogP contribution >= 0.6 is 31.9 Å². The lowest BCUT2D eigenvalue weighted by Crippen LogP contribution is -2.29. The van der Waals surface area contributed by atoms with Gasteiger partial charge in [0.15, 0.2) is 0 Å². The number of aromatic nitrogens is 3. The second kappa shape index (κ2) is 40.4. The van der Waals surface area contributed by atoms with Gasteiger partial charge >= 0.3 is 7.12 Å². The van der Waals surface area contributed by atoms with Crippen molar-refractivity contribution in [2.75, 3.05) is 0 Å². The summed E-state index contributed by atoms with van der Waals surface area (Å²) in [6.45, 7) is 0. The third-order valence-corrected chi connectivity index (χ3v) is 22.4. The fourth-order valence-electron chi connectivity index (χ4n) is 15.5. The first-order valence-corrected chi connectivity index (χ1v) is 41.8. The molecule has 0 saturated heterocycles. The maximum atomic E-state index is 9.42. The first kappa shape index (κ1) is 82.7. The number of nitrogens with zero attached hydrogens (tertiary/aromatic N) is 3. The lowest BCUT2D eigenvalue weighted by atomic mass is 9.79. The van der Waals surface area contributed by atoms with Crippen molar-refractivity contribution in [2.45, 2.75) is 0 Å². The molecule has 0 unspecified atom stereocenters. The molecular weight excluding hydrogens is 1660 g/mol. The van der Waals surface area contributed by atoms with E-state index < -0.39 is 7.12 Å². The molecule has 8 heteroatoms. The lowest BCUT2D eigenvalue weighted by Gasteiger charge is -2.16. The zero-order chi connectivity index (χ0) is 86.2. The molecule has 0 aliphatic heterocycles. The summed E-state index contributed by atoms with van der Waals surface area (Å²) in [7, 11) is -1.46. The van der Waals surface area contributed by atoms with Crippen LogP contribution in [-0.2, 0) is 0 Å². The smallest absolute Gasteiger partial charge is 0.423 e. The van der Waals surface area contributed by atoms with Gasteiger partial charge in [-0.25, -0.2) is 0 Å². The van der Waals surface area contributed by atoms with E-state index in [2.05, 4.69) is 504 Å². The van der Waals surface area contributed by atoms with Gasteiger partial charge in [-0.05, 0) is 275 Å². The minimum absolute atomic E-state index is 0.490. The molecule has 0 aliphatic carbocycles. The first-order chi connectivity index (χ1) is 62.2. The predicted molar refractivity (Wildman–Crippen MR) is 533 cm³/mol. The summed E-state index contributed by atoms with van der Waals surface area (Å²) < 4.78 is 9.26. The van der Waals surface area contributed by atoms with Gasteiger partial charge in [-0.2, -0.15) is 0 Å². The Morgan fingerprint density at radius 2 is 0.421 bits per heavy atom. The molecule has 0 saturated carbocycles. The van der Waals surface area contributed by atoms with E-state index >= 15 is 0 Å². The van der Waals surface area contributed by atoms with Crippen molar-refractivity contribution >= 4 is 110 Å². The predicted octanol–water partition coefficient (Wildman–Crippen LogP) is 25.5. The van der Waals surface area contributed by atoms with Crippen LogP contribution < -0.4 is 5.46 Å². The van der Waals surface area contributed by atoms with Crippen molar-refractivity contribution in [3.8, 4) is 226 Å². The number of para-hydroxylation sites is 6. The zero-order valence-corrected chi connectivity index (χ0v) is 70.8. The van der Waals surface area contributed by atoms with Crippen molar-refractivity contribution in [1.29, 1.82) is 0 Å². The second-order valence-electron chi connectivity index (χ2n) is 28.5. The first-order valence-electron chi connectivity index (χ1n) is 40.2. The second-order valence-corrected chi connectivity index (χ2v) is 30.2. The van der Waals surface area contributed by atoms with Gasteiger partial charge in [-0.3, -0.25) is 0 Å². The summed E-state index contributed by atoms with van der Waals surface area (Å²) in [5, 5.41) is 26.4. The Labute approximate surface area is 751 Å². The molecule has 3 aromatic heterocycles. The van der Waals surface area contributed by atoms with Crippen LogP contribution in [-0.4, -0.2) is 30.9 Å². The summed E-state index contributed by atoms with van der Waals surface area (Å²) in [4.78, 5) is 0. The lowest BCUT2D eigenvalue weighted by molar-refractivity contribution is 0.426. The van der Waals surface area contributed by atoms with Crippen LogP contribution in [0.25, 0.3) is 160 Å². The average molecular weight is 1730 g/mol. The van der Waals surface area contributed by atoms with Gasteiger partial charge < -0.3 is 23.7 Å². The fraction of sp³-hybridized carbons (Fsp3) is 0. The van der Waals surface area contributed by atoms with E-state index in [1.54, 1.807) is 12.1 Å². The van der Waals surface area contributed by atoms with E-state index in [1.807, 2.05) is 36.4 Å². The van der Waals surface area contributed by atoms with Gasteiger partial charge in [0.05, 0.1) is 33.1 Å². The van der Waals surface area contributed by atoms with E-state index in [1.165, 1.54) is 132 Å². The normalized spacial score (nSPS) is 9.95. The SMILES string of the molecule is Brc1ccccc1-c1ccccc1Br.C#CC#CC#CC#CC#CC#CC#CC#CC#CC#CC#C.OB(O)c1cccc(-c2ccc(-n3c4ccccc4c4ccccc43)cc2)c1.c1cc(-c2ccc(-n3c4ccccc4c4ccccc43)cc2)cc(-c2ccccc2-c2ccccc2-c2cccc(-c3ccc(-n4c5ccccc5c5ccccc54)cc3)c2)c1. The van der Waals surface area contributed by atoms with Gasteiger partial charge in [-0.1, -0.05) is 323 Å². The molecule has 0 radical (unpaired) electrons. The number of hydrogen-bond acceptors (Lipinski definition) is 2. The monoisotopic (exact) mass is 1730 g/mol. The molecule has 0 fully saturated rings. The molecule has 0 aliphatic rings. The Hall–Kier alpha value is -17.0. The van der Waals surface area contributed by atoms with Gasteiger partial charge in [0.25, 0.3) is 0 Å². The summed E-state index contributed by atoms with van der Waals surface area (Å²) in [6.07, 6.45) is 9.80. The zero-order valence-electron chi connectivity index (χ0n) is 67.7. The Morgan fingerprint density at radius 3 is 0.690 bits per heavy atom. The molecule has 3 heterocycles. The highest BCUT2D eigenvalue weighted by Crippen LogP contribution is 2.43. The largest absolute Gasteiger partial charge is 0.488 e. The number of fused-ring (bicyclic) bond motifs is 9. The van der Waals surface area contributed by atoms with E-state index in [4.69, 9.17) is 12.8 Å². The van der Waals surface area contributed by atoms with Crippen LogP contribution in [0, 0.1) is 131 Å². The minimum atomic E-state index is -1.46. The van der Waals surface area contributed by atoms with Crippen molar-refractivity contribution in [3.05, 3.63) is 397 Å². The molecular formula is C118H68BBr2N3O2. The summed E-state index contributed by atoms with van der Waals surface area (Å²) in [5.74, 6) is 48.2. The standard InChI is InChI=1S/C60H40N2.C24H18BNO2.C22H2.C12H8Br2/c1-3-21-51(49(19-1)45-17-13-15-43(39-45)41-31-35-47(36-32-41)61-57-27-9-5-23-53(57)54-24-6-10-28-58(54)61)52-22-4-2-20-50(52)46-18-14-16-44(40-46)42-33-37-48(38-34-42)62-59-29-11-7-25-55(59)56-26-8-12-30-60(56)62;27-25(28)19-7-5-6-18(16-19)17-12-14-20(15-13-17)26-23-10-3-1-8-21(23)22-9-2-4-11-24(22)26;1-3-5-7-9-11-13-15-17-19-21-22-20-18-16-14-12-10-8-6-4-2;13-11-7-3-1-5-9(11)10-6-2-4-8-12(10)14/h1-40H;1-16,27-28H;1-2H;1-8H. The van der Waals surface area contributed by atoms with Gasteiger partial charge in [0, 0.05) is 82.0 Å². The van der Waals surface area contributed by atoms with E-state index in [0.29, 0.717) is 5.46 Å². The molecule has 0 amide bonds. The number of benzene rings is 16. The molecule has 0 spiro atoms. The number of hydrogen-bond donors (Lipinski definition) is 2. The quantitative estimate of drug-likeness (QED) is 0.100. The van der Waals surface area contributed by atoms with Crippen LogP contribution in [0.2, 0.25) is 0 Å². The third kappa shape index (κ3) is 18.9. The van der Waals surface area contributed by atoms with E-state index in [-0.39, 0.29) is 0 Å². The van der Waals surface area contributed by atoms with Crippen molar-refractivity contribution in [2.24, 2.45) is 0 Å². The summed E-state index contributed by atoms with van der Waals surface area (Å²) >= 11 is 7.09. The van der Waals surface area contributed by atoms with Gasteiger partial charge in [0.1, 0.15) is 0 Å². The molecule has 0 atom stereocenters. The maximum absolute atomic E-state index is 9.42. The molecule has 19 aromatic rings. The van der Waals surface area contributed by atoms with Crippen molar-refractivity contribution in [1.82, 2.24) is 13.7 Å². The Bertz CT molecular complexity index is 7590. The molecule has 0 bridgehead atoms. The molecule has 16 aromatic carbocycles. The van der Waals surface area contributed by atoms with Crippen molar-refractivity contribution in [3.63, 3.8) is 0 Å². The molecule has 2 N–H and O–H groups in total. The van der Waals surface area contributed by atoms with Crippen LogP contribution in [0.15, 0.2) is 397 Å². The minimum Gasteiger partial charge on any atom is -0.423 e. The van der Waals surface area contributed by atoms with Crippen LogP contribution in [0.4, 0.5) is 0 Å². The average Bonchev–Trinajstić information content (AvgIpc) is 1.60. The Morgan fingerprint density at radius 1 is 0.198 bits per heavy atom. The van der Waals surface area contributed by atoms with Crippen LogP contribution in [0.1, 0.15) is 0 Å². The van der Waals surface area contributed by atoms with Gasteiger partial charge in [0.2, 0.25) is 0 Å². The van der Waals surface area contributed by atoms with Crippen LogP contribution in [0.3, 0.4) is 0 Å². The number of rotatable bonds is 11. The van der Waals surface area contributed by atoms with E-state index in [0.717, 1.165) is 37.1 Å². The highest BCUT2D eigenvalue weighted by molar-refractivity contribution is 9.11. The summed E-state index contributed by atoms with van der Waals surface area (Å²) in [6, 6.07) is 137. The van der Waals surface area contributed by atoms with Crippen molar-refractivity contribution < 1.29 is 10.0 Å². The molecule has 126 heavy (non-hydrogen) atoms. The van der Waals surface area contributed by atoms with Gasteiger partial charge in [-0.15, -0.1) is 12.8 Å². The Balaban J connectivity index is 0.000000150. The number of terminal acetylenes is 2. The molecule has 5 nitrogen and oxygen atoms in total. The maximum Gasteiger partial charge on any atom is 0.488 e. The Kier molecular flexibility index (Phi) is 26.5. The third-order valence-electron chi connectivity index (χ3n) is 21.0. The highest BCUT2D eigenvalue weighted by atomic mass is 79.9.